The van der Waals surface area contributed by atoms with Gasteiger partial charge >= 0.3 is 0 Å². The van der Waals surface area contributed by atoms with E-state index in [2.05, 4.69) is 0 Å². The van der Waals surface area contributed by atoms with E-state index in [0.29, 0.717) is 0 Å². The Morgan fingerprint density at radius 1 is 1.33 bits per heavy atom. The molecule has 0 radical (unpaired) electrons. The zero-order valence-corrected chi connectivity index (χ0v) is 7.65. The molecule has 1 unspecified atom stereocenters. The summed E-state index contributed by atoms with van der Waals surface area (Å²) < 4.78 is 45.1. The molecule has 0 rings (SSSR count). The van der Waals surface area contributed by atoms with Crippen molar-refractivity contribution in [1.29, 1.82) is 0 Å². The highest BCUT2D eigenvalue weighted by molar-refractivity contribution is 7.91. The Kier molecular flexibility index (Phi) is 4.62. The zero-order valence-electron chi connectivity index (χ0n) is 6.83. The monoisotopic (exact) mass is 201 g/mol. The maximum absolute atomic E-state index is 11.7. The first-order valence-corrected chi connectivity index (χ1v) is 5.38. The van der Waals surface area contributed by atoms with E-state index in [1.54, 1.807) is 6.92 Å². The van der Waals surface area contributed by atoms with E-state index >= 15 is 0 Å². The fourth-order valence-electron chi connectivity index (χ4n) is 0.762. The van der Waals surface area contributed by atoms with Gasteiger partial charge in [0, 0.05) is 0 Å². The van der Waals surface area contributed by atoms with Crippen molar-refractivity contribution in [2.24, 2.45) is 11.7 Å². The number of rotatable bonds is 5. The highest BCUT2D eigenvalue weighted by atomic mass is 32.2. The molecule has 12 heavy (non-hydrogen) atoms. The molecule has 0 saturated carbocycles. The minimum absolute atomic E-state index is 0.197. The minimum Gasteiger partial charge on any atom is -0.330 e. The lowest BCUT2D eigenvalue weighted by atomic mass is 10.2. The van der Waals surface area contributed by atoms with Gasteiger partial charge < -0.3 is 5.73 Å². The second kappa shape index (κ2) is 4.71. The predicted octanol–water partition coefficient (Wildman–Crippen LogP) is 0.261. The molecule has 0 fully saturated rings. The molecule has 0 spiro atoms. The summed E-state index contributed by atoms with van der Waals surface area (Å²) in [6, 6.07) is 0. The Hall–Kier alpha value is -0.230. The van der Waals surface area contributed by atoms with Crippen molar-refractivity contribution in [1.82, 2.24) is 0 Å². The van der Waals surface area contributed by atoms with Gasteiger partial charge in [-0.15, -0.1) is 0 Å². The summed E-state index contributed by atoms with van der Waals surface area (Å²) in [5, 5.41) is 0. The van der Waals surface area contributed by atoms with Crippen LogP contribution in [0.1, 0.15) is 6.92 Å². The fraction of sp³-hybridized carbons (Fsp3) is 1.00. The van der Waals surface area contributed by atoms with Crippen molar-refractivity contribution in [3.63, 3.8) is 0 Å². The standard InChI is InChI=1S/C6H13F2NO2S/c1-5(2-9)3-12(10,11)4-6(7)8/h5-6H,2-4,9H2,1H3. The zero-order chi connectivity index (χ0) is 9.78. The number of nitrogens with two attached hydrogens (primary N) is 1. The number of sulfone groups is 1. The van der Waals surface area contributed by atoms with Gasteiger partial charge in [0.2, 0.25) is 0 Å². The van der Waals surface area contributed by atoms with Gasteiger partial charge in [0.25, 0.3) is 6.43 Å². The van der Waals surface area contributed by atoms with Gasteiger partial charge in [0.1, 0.15) is 5.75 Å². The molecule has 0 saturated heterocycles. The number of alkyl halides is 2. The van der Waals surface area contributed by atoms with Crippen LogP contribution in [0.3, 0.4) is 0 Å². The first-order chi connectivity index (χ1) is 5.37. The maximum atomic E-state index is 11.7. The van der Waals surface area contributed by atoms with Crippen molar-refractivity contribution < 1.29 is 17.2 Å². The van der Waals surface area contributed by atoms with Crippen LogP contribution >= 0.6 is 0 Å². The van der Waals surface area contributed by atoms with Crippen LogP contribution < -0.4 is 5.73 Å². The lowest BCUT2D eigenvalue weighted by Gasteiger charge is -2.08. The molecule has 1 atom stereocenters. The van der Waals surface area contributed by atoms with Crippen LogP contribution in [-0.4, -0.2) is 32.9 Å². The van der Waals surface area contributed by atoms with Crippen LogP contribution in [0, 0.1) is 5.92 Å². The highest BCUT2D eigenvalue weighted by Gasteiger charge is 2.20. The molecule has 0 aliphatic rings. The predicted molar refractivity (Wildman–Crippen MR) is 42.9 cm³/mol. The second-order valence-electron chi connectivity index (χ2n) is 2.81. The van der Waals surface area contributed by atoms with Gasteiger partial charge in [0.05, 0.1) is 5.75 Å². The molecule has 0 bridgehead atoms. The third-order valence-corrected chi connectivity index (χ3v) is 3.16. The van der Waals surface area contributed by atoms with Crippen molar-refractivity contribution in [3.8, 4) is 0 Å². The summed E-state index contributed by atoms with van der Waals surface area (Å²) in [6.45, 7) is 1.81. The maximum Gasteiger partial charge on any atom is 0.252 e. The molecule has 0 aliphatic heterocycles. The Labute approximate surface area is 70.9 Å². The molecule has 0 aromatic carbocycles. The third kappa shape index (κ3) is 5.42. The molecule has 3 nitrogen and oxygen atoms in total. The molecule has 0 aromatic rings. The lowest BCUT2D eigenvalue weighted by molar-refractivity contribution is 0.174. The van der Waals surface area contributed by atoms with E-state index in [0.717, 1.165) is 0 Å². The van der Waals surface area contributed by atoms with Gasteiger partial charge in [-0.3, -0.25) is 0 Å². The first kappa shape index (κ1) is 11.8. The van der Waals surface area contributed by atoms with Crippen LogP contribution in [0.4, 0.5) is 8.78 Å². The molecule has 74 valence electrons. The molecule has 2 N–H and O–H groups in total. The van der Waals surface area contributed by atoms with Crippen molar-refractivity contribution in [3.05, 3.63) is 0 Å². The largest absolute Gasteiger partial charge is 0.330 e. The van der Waals surface area contributed by atoms with Crippen LogP contribution in [0.5, 0.6) is 0 Å². The molecule has 0 amide bonds. The first-order valence-electron chi connectivity index (χ1n) is 3.56. The molecule has 0 heterocycles. The summed E-state index contributed by atoms with van der Waals surface area (Å²) >= 11 is 0. The van der Waals surface area contributed by atoms with Crippen LogP contribution in [0.25, 0.3) is 0 Å². The Morgan fingerprint density at radius 2 is 1.83 bits per heavy atom. The van der Waals surface area contributed by atoms with E-state index < -0.39 is 22.0 Å². The summed E-state index contributed by atoms with van der Waals surface area (Å²) in [5.74, 6) is -1.57. The van der Waals surface area contributed by atoms with Gasteiger partial charge in [0.15, 0.2) is 9.84 Å². The van der Waals surface area contributed by atoms with Crippen molar-refractivity contribution >= 4 is 9.84 Å². The molecular formula is C6H13F2NO2S. The smallest absolute Gasteiger partial charge is 0.252 e. The molecule has 0 aromatic heterocycles. The van der Waals surface area contributed by atoms with Crippen LogP contribution in [0.15, 0.2) is 0 Å². The van der Waals surface area contributed by atoms with E-state index in [-0.39, 0.29) is 18.2 Å². The number of hydrogen-bond acceptors (Lipinski definition) is 3. The van der Waals surface area contributed by atoms with Crippen molar-refractivity contribution in [2.75, 3.05) is 18.1 Å². The van der Waals surface area contributed by atoms with Crippen molar-refractivity contribution in [2.45, 2.75) is 13.3 Å². The fourth-order valence-corrected chi connectivity index (χ4v) is 2.28. The summed E-state index contributed by atoms with van der Waals surface area (Å²) in [4.78, 5) is 0. The second-order valence-corrected chi connectivity index (χ2v) is 4.96. The quantitative estimate of drug-likeness (QED) is 0.694. The van der Waals surface area contributed by atoms with Crippen LogP contribution in [0.2, 0.25) is 0 Å². The average molecular weight is 201 g/mol. The molecule has 6 heteroatoms. The highest BCUT2D eigenvalue weighted by Crippen LogP contribution is 2.04. The van der Waals surface area contributed by atoms with E-state index in [1.165, 1.54) is 0 Å². The van der Waals surface area contributed by atoms with Gasteiger partial charge in [-0.2, -0.15) is 0 Å². The Morgan fingerprint density at radius 3 is 2.17 bits per heavy atom. The molecular weight excluding hydrogens is 188 g/mol. The third-order valence-electron chi connectivity index (χ3n) is 1.32. The topological polar surface area (TPSA) is 60.2 Å². The van der Waals surface area contributed by atoms with E-state index in [9.17, 15) is 17.2 Å². The Balaban J connectivity index is 4.05. The summed E-state index contributed by atoms with van der Waals surface area (Å²) in [5.41, 5.74) is 5.16. The van der Waals surface area contributed by atoms with Gasteiger partial charge in [-0.25, -0.2) is 17.2 Å². The normalized spacial score (nSPS) is 15.1. The number of hydrogen-bond donors (Lipinski definition) is 1. The van der Waals surface area contributed by atoms with Gasteiger partial charge in [-0.05, 0) is 12.5 Å². The Bertz CT molecular complexity index is 216. The lowest BCUT2D eigenvalue weighted by Crippen LogP contribution is -2.25. The SMILES string of the molecule is CC(CN)CS(=O)(=O)CC(F)F. The summed E-state index contributed by atoms with van der Waals surface area (Å²) in [6.07, 6.45) is -2.79. The summed E-state index contributed by atoms with van der Waals surface area (Å²) in [7, 11) is -3.62. The number of halogens is 2. The van der Waals surface area contributed by atoms with E-state index in [1.807, 2.05) is 0 Å². The minimum atomic E-state index is -3.62. The molecule has 0 aliphatic carbocycles. The van der Waals surface area contributed by atoms with Gasteiger partial charge in [-0.1, -0.05) is 6.92 Å². The van der Waals surface area contributed by atoms with E-state index in [4.69, 9.17) is 5.73 Å². The average Bonchev–Trinajstić information content (AvgIpc) is 1.83. The van der Waals surface area contributed by atoms with Crippen LogP contribution in [-0.2, 0) is 9.84 Å².